The first-order valence-electron chi connectivity index (χ1n) is 8.63. The van der Waals surface area contributed by atoms with Crippen molar-refractivity contribution in [2.24, 2.45) is 0 Å². The van der Waals surface area contributed by atoms with Crippen LogP contribution in [0.4, 0.5) is 10.1 Å². The molecule has 0 heterocycles. The molecular formula is C21H18Cl2FNO3S. The van der Waals surface area contributed by atoms with Crippen molar-refractivity contribution in [1.29, 1.82) is 0 Å². The van der Waals surface area contributed by atoms with Crippen molar-refractivity contribution in [3.8, 4) is 5.75 Å². The Labute approximate surface area is 179 Å². The fourth-order valence-corrected chi connectivity index (χ4v) is 4.99. The second kappa shape index (κ2) is 8.61. The van der Waals surface area contributed by atoms with Gasteiger partial charge in [-0.1, -0.05) is 35.3 Å². The van der Waals surface area contributed by atoms with Gasteiger partial charge in [0.1, 0.15) is 11.6 Å². The fourth-order valence-electron chi connectivity index (χ4n) is 2.95. The van der Waals surface area contributed by atoms with Crippen molar-refractivity contribution in [3.05, 3.63) is 88.2 Å². The van der Waals surface area contributed by atoms with E-state index < -0.39 is 21.9 Å². The van der Waals surface area contributed by atoms with E-state index >= 15 is 0 Å². The molecule has 3 rings (SSSR count). The second-order valence-corrected chi connectivity index (χ2v) is 8.96. The van der Waals surface area contributed by atoms with E-state index in [9.17, 15) is 12.8 Å². The number of halogens is 3. The summed E-state index contributed by atoms with van der Waals surface area (Å²) in [7, 11) is -2.54. The number of sulfonamides is 1. The average molecular weight is 454 g/mol. The summed E-state index contributed by atoms with van der Waals surface area (Å²) in [4.78, 5) is -0.117. The van der Waals surface area contributed by atoms with Crippen LogP contribution in [0, 0.1) is 5.82 Å². The molecular weight excluding hydrogens is 436 g/mol. The molecule has 0 radical (unpaired) electrons. The molecule has 0 unspecified atom stereocenters. The number of methoxy groups -OCH3 is 1. The van der Waals surface area contributed by atoms with Gasteiger partial charge in [-0.15, -0.1) is 0 Å². The van der Waals surface area contributed by atoms with Gasteiger partial charge in [-0.05, 0) is 67.1 Å². The topological polar surface area (TPSA) is 46.6 Å². The summed E-state index contributed by atoms with van der Waals surface area (Å²) in [5, 5.41) is 0.209. The molecule has 29 heavy (non-hydrogen) atoms. The van der Waals surface area contributed by atoms with Crippen LogP contribution in [-0.2, 0) is 10.0 Å². The van der Waals surface area contributed by atoms with Crippen LogP contribution < -0.4 is 9.04 Å². The Morgan fingerprint density at radius 3 is 2.31 bits per heavy atom. The molecule has 0 saturated carbocycles. The number of rotatable bonds is 6. The lowest BCUT2D eigenvalue weighted by Gasteiger charge is -2.31. The molecule has 0 saturated heterocycles. The zero-order chi connectivity index (χ0) is 21.2. The number of hydrogen-bond donors (Lipinski definition) is 0. The third-order valence-corrected chi connectivity index (χ3v) is 6.89. The molecule has 4 nitrogen and oxygen atoms in total. The molecule has 3 aromatic carbocycles. The van der Waals surface area contributed by atoms with Gasteiger partial charge in [0, 0.05) is 5.02 Å². The van der Waals surface area contributed by atoms with E-state index in [1.165, 1.54) is 17.5 Å². The molecule has 152 valence electrons. The Morgan fingerprint density at radius 2 is 1.69 bits per heavy atom. The van der Waals surface area contributed by atoms with E-state index in [0.29, 0.717) is 16.5 Å². The quantitative estimate of drug-likeness (QED) is 0.452. The number of hydrogen-bond acceptors (Lipinski definition) is 3. The maximum atomic E-state index is 13.6. The van der Waals surface area contributed by atoms with Crippen molar-refractivity contribution in [1.82, 2.24) is 0 Å². The highest BCUT2D eigenvalue weighted by molar-refractivity contribution is 7.92. The Kier molecular flexibility index (Phi) is 6.36. The summed E-state index contributed by atoms with van der Waals surface area (Å²) < 4.78 is 47.2. The molecule has 0 bridgehead atoms. The molecule has 1 atom stereocenters. The molecule has 0 aliphatic rings. The number of nitrogens with zero attached hydrogens (tertiary/aromatic N) is 1. The predicted molar refractivity (Wildman–Crippen MR) is 114 cm³/mol. The molecule has 3 aromatic rings. The van der Waals surface area contributed by atoms with E-state index in [1.807, 2.05) is 6.07 Å². The Hall–Kier alpha value is -2.28. The van der Waals surface area contributed by atoms with Crippen molar-refractivity contribution in [2.45, 2.75) is 17.9 Å². The molecule has 0 aromatic heterocycles. The van der Waals surface area contributed by atoms with Gasteiger partial charge in [0.05, 0.1) is 28.8 Å². The number of benzene rings is 3. The standard InChI is InChI=1S/C21H18Cl2FNO3S/c1-14(15-4-3-5-18(12-15)28-2)25(17-8-6-16(22)7-9-17)29(26,27)19-10-11-21(24)20(23)13-19/h3-14H,1-2H3/t14-/m1/s1. The lowest BCUT2D eigenvalue weighted by atomic mass is 10.1. The third kappa shape index (κ3) is 4.50. The Balaban J connectivity index is 2.16. The molecule has 0 amide bonds. The summed E-state index contributed by atoms with van der Waals surface area (Å²) in [6, 6.07) is 16.3. The van der Waals surface area contributed by atoms with Gasteiger partial charge >= 0.3 is 0 Å². The molecule has 0 fully saturated rings. The zero-order valence-electron chi connectivity index (χ0n) is 15.6. The van der Waals surface area contributed by atoms with E-state index in [2.05, 4.69) is 0 Å². The summed E-state index contributed by atoms with van der Waals surface area (Å²) in [6.07, 6.45) is 0. The van der Waals surface area contributed by atoms with Crippen LogP contribution in [0.25, 0.3) is 0 Å². The van der Waals surface area contributed by atoms with Crippen molar-refractivity contribution in [3.63, 3.8) is 0 Å². The van der Waals surface area contributed by atoms with E-state index in [1.54, 1.807) is 49.4 Å². The van der Waals surface area contributed by atoms with Gasteiger partial charge in [0.25, 0.3) is 10.0 Å². The third-order valence-electron chi connectivity index (χ3n) is 4.46. The van der Waals surface area contributed by atoms with Gasteiger partial charge in [0.2, 0.25) is 0 Å². The summed E-state index contributed by atoms with van der Waals surface area (Å²) in [6.45, 7) is 1.76. The van der Waals surface area contributed by atoms with Crippen LogP contribution in [-0.4, -0.2) is 15.5 Å². The van der Waals surface area contributed by atoms with Gasteiger partial charge in [-0.3, -0.25) is 4.31 Å². The van der Waals surface area contributed by atoms with Crippen molar-refractivity contribution in [2.75, 3.05) is 11.4 Å². The molecule has 0 aliphatic heterocycles. The van der Waals surface area contributed by atoms with E-state index in [-0.39, 0.29) is 9.92 Å². The maximum absolute atomic E-state index is 13.6. The van der Waals surface area contributed by atoms with Crippen molar-refractivity contribution < 1.29 is 17.5 Å². The minimum absolute atomic E-state index is 0.117. The van der Waals surface area contributed by atoms with E-state index in [0.717, 1.165) is 17.7 Å². The van der Waals surface area contributed by atoms with Crippen LogP contribution >= 0.6 is 23.2 Å². The van der Waals surface area contributed by atoms with Crippen LogP contribution in [0.3, 0.4) is 0 Å². The summed E-state index contributed by atoms with van der Waals surface area (Å²) in [5.41, 5.74) is 1.13. The molecule has 0 spiro atoms. The summed E-state index contributed by atoms with van der Waals surface area (Å²) >= 11 is 11.8. The van der Waals surface area contributed by atoms with Crippen LogP contribution in [0.15, 0.2) is 71.6 Å². The van der Waals surface area contributed by atoms with Gasteiger partial charge < -0.3 is 4.74 Å². The molecule has 8 heteroatoms. The molecule has 0 N–H and O–H groups in total. The highest BCUT2D eigenvalue weighted by Crippen LogP contribution is 2.35. The minimum atomic E-state index is -4.07. The Bertz CT molecular complexity index is 1120. The van der Waals surface area contributed by atoms with Crippen LogP contribution in [0.5, 0.6) is 5.75 Å². The number of ether oxygens (including phenoxy) is 1. The monoisotopic (exact) mass is 453 g/mol. The van der Waals surface area contributed by atoms with E-state index in [4.69, 9.17) is 27.9 Å². The average Bonchev–Trinajstić information content (AvgIpc) is 2.71. The minimum Gasteiger partial charge on any atom is -0.497 e. The lowest BCUT2D eigenvalue weighted by molar-refractivity contribution is 0.414. The lowest BCUT2D eigenvalue weighted by Crippen LogP contribution is -2.33. The first-order chi connectivity index (χ1) is 13.7. The van der Waals surface area contributed by atoms with Crippen LogP contribution in [0.1, 0.15) is 18.5 Å². The highest BCUT2D eigenvalue weighted by atomic mass is 35.5. The normalized spacial score (nSPS) is 12.4. The fraction of sp³-hybridized carbons (Fsp3) is 0.143. The van der Waals surface area contributed by atoms with Crippen LogP contribution in [0.2, 0.25) is 10.0 Å². The largest absolute Gasteiger partial charge is 0.497 e. The van der Waals surface area contributed by atoms with Gasteiger partial charge in [0.15, 0.2) is 0 Å². The molecule has 0 aliphatic carbocycles. The summed E-state index contributed by atoms with van der Waals surface area (Å²) in [5.74, 6) is -0.0860. The highest BCUT2D eigenvalue weighted by Gasteiger charge is 2.31. The van der Waals surface area contributed by atoms with Gasteiger partial charge in [-0.25, -0.2) is 12.8 Å². The number of anilines is 1. The van der Waals surface area contributed by atoms with Gasteiger partial charge in [-0.2, -0.15) is 0 Å². The predicted octanol–water partition coefficient (Wildman–Crippen LogP) is 6.10. The van der Waals surface area contributed by atoms with Crippen molar-refractivity contribution >= 4 is 38.9 Å². The maximum Gasteiger partial charge on any atom is 0.264 e. The second-order valence-electron chi connectivity index (χ2n) is 6.31. The smallest absolute Gasteiger partial charge is 0.264 e. The SMILES string of the molecule is COc1cccc([C@@H](C)N(c2ccc(Cl)cc2)S(=O)(=O)c2ccc(F)c(Cl)c2)c1. The first kappa shape index (κ1) is 21.4. The zero-order valence-corrected chi connectivity index (χ0v) is 18.0. The Morgan fingerprint density at radius 1 is 1.00 bits per heavy atom. The first-order valence-corrected chi connectivity index (χ1v) is 10.8.